The Hall–Kier alpha value is -1.16. The van der Waals surface area contributed by atoms with E-state index in [1.165, 1.54) is 128 Å². The van der Waals surface area contributed by atoms with Gasteiger partial charge in [0.2, 0.25) is 0 Å². The van der Waals surface area contributed by atoms with Gasteiger partial charge in [0.15, 0.2) is 0 Å². The molecule has 0 heterocycles. The summed E-state index contributed by atoms with van der Waals surface area (Å²) in [5.41, 5.74) is 0. The molecule has 0 aromatic heterocycles. The first kappa shape index (κ1) is 42.8. The molecular formula is C41H77NO2. The Morgan fingerprint density at radius 2 is 0.977 bits per heavy atom. The molecule has 0 amide bonds. The van der Waals surface area contributed by atoms with Crippen molar-refractivity contribution in [1.82, 2.24) is 4.90 Å². The van der Waals surface area contributed by atoms with Crippen molar-refractivity contribution >= 4 is 0 Å². The second-order valence-electron chi connectivity index (χ2n) is 12.7. The highest BCUT2D eigenvalue weighted by molar-refractivity contribution is 4.93. The van der Waals surface area contributed by atoms with Gasteiger partial charge >= 0.3 is 0 Å². The summed E-state index contributed by atoms with van der Waals surface area (Å²) < 4.78 is 12.4. The minimum Gasteiger partial charge on any atom is -0.379 e. The van der Waals surface area contributed by atoms with Crippen LogP contribution in [0.2, 0.25) is 0 Å². The number of hydrogen-bond acceptors (Lipinski definition) is 3. The summed E-state index contributed by atoms with van der Waals surface area (Å²) >= 11 is 0. The number of allylic oxidation sites excluding steroid dienone is 8. The minimum atomic E-state index is 0.234. The molecule has 0 saturated carbocycles. The second kappa shape index (κ2) is 38.0. The Kier molecular flexibility index (Phi) is 37.0. The van der Waals surface area contributed by atoms with Crippen molar-refractivity contribution in [3.63, 3.8) is 0 Å². The van der Waals surface area contributed by atoms with Gasteiger partial charge in [-0.15, -0.1) is 0 Å². The van der Waals surface area contributed by atoms with Crippen LogP contribution in [-0.2, 0) is 9.47 Å². The normalized spacial score (nSPS) is 13.2. The van der Waals surface area contributed by atoms with E-state index in [1.54, 1.807) is 0 Å². The van der Waals surface area contributed by atoms with Crippen molar-refractivity contribution in [3.05, 3.63) is 48.6 Å². The Morgan fingerprint density at radius 3 is 1.50 bits per heavy atom. The van der Waals surface area contributed by atoms with Gasteiger partial charge in [0.1, 0.15) is 0 Å². The SMILES string of the molecule is CCCC=CCC=CCCCCCCCCOC(CCN(C)CC)COCCCCCCCCC=CCC=CCCCCC. The molecule has 0 saturated heterocycles. The lowest BCUT2D eigenvalue weighted by Gasteiger charge is -2.21. The van der Waals surface area contributed by atoms with Gasteiger partial charge in [-0.2, -0.15) is 0 Å². The molecule has 0 aromatic carbocycles. The largest absolute Gasteiger partial charge is 0.379 e. The van der Waals surface area contributed by atoms with Gasteiger partial charge in [-0.1, -0.05) is 140 Å². The maximum Gasteiger partial charge on any atom is 0.0820 e. The van der Waals surface area contributed by atoms with Crippen molar-refractivity contribution in [3.8, 4) is 0 Å². The zero-order valence-corrected chi connectivity index (χ0v) is 30.3. The van der Waals surface area contributed by atoms with Crippen LogP contribution >= 0.6 is 0 Å². The van der Waals surface area contributed by atoms with Crippen molar-refractivity contribution in [2.24, 2.45) is 0 Å². The van der Waals surface area contributed by atoms with Gasteiger partial charge in [0.25, 0.3) is 0 Å². The van der Waals surface area contributed by atoms with Crippen LogP contribution in [0.15, 0.2) is 48.6 Å². The van der Waals surface area contributed by atoms with Crippen LogP contribution in [0.25, 0.3) is 0 Å². The molecule has 0 radical (unpaired) electrons. The maximum atomic E-state index is 6.30. The standard InChI is InChI=1S/C41H77NO2/c1-5-8-10-12-14-16-18-20-22-23-24-26-28-30-32-34-38-43-40-41(36-37-42(4)7-3)44-39-35-33-31-29-27-25-21-19-17-15-13-11-9-6-2/h11,13-14,16-17,19-20,22,41H,5-10,12,15,18,21,23-40H2,1-4H3. The molecule has 0 rings (SSSR count). The smallest absolute Gasteiger partial charge is 0.0820 e. The maximum absolute atomic E-state index is 6.30. The number of hydrogen-bond donors (Lipinski definition) is 0. The molecule has 3 heteroatoms. The predicted octanol–water partition coefficient (Wildman–Crippen LogP) is 12.6. The topological polar surface area (TPSA) is 21.7 Å². The number of nitrogens with zero attached hydrogens (tertiary/aromatic N) is 1. The lowest BCUT2D eigenvalue weighted by atomic mass is 10.1. The fraction of sp³-hybridized carbons (Fsp3) is 0.805. The van der Waals surface area contributed by atoms with Crippen molar-refractivity contribution in [2.75, 3.05) is 40.0 Å². The van der Waals surface area contributed by atoms with Gasteiger partial charge in [-0.3, -0.25) is 0 Å². The van der Waals surface area contributed by atoms with Crippen LogP contribution in [0, 0.1) is 0 Å². The van der Waals surface area contributed by atoms with E-state index in [-0.39, 0.29) is 6.10 Å². The zero-order chi connectivity index (χ0) is 32.0. The summed E-state index contributed by atoms with van der Waals surface area (Å²) in [6.07, 6.45) is 48.0. The summed E-state index contributed by atoms with van der Waals surface area (Å²) in [7, 11) is 2.20. The van der Waals surface area contributed by atoms with E-state index >= 15 is 0 Å². The molecule has 0 aliphatic carbocycles. The Morgan fingerprint density at radius 1 is 0.500 bits per heavy atom. The summed E-state index contributed by atoms with van der Waals surface area (Å²) in [5.74, 6) is 0. The lowest BCUT2D eigenvalue weighted by Crippen LogP contribution is -2.28. The summed E-state index contributed by atoms with van der Waals surface area (Å²) in [6, 6.07) is 0. The van der Waals surface area contributed by atoms with E-state index in [2.05, 4.69) is 81.3 Å². The van der Waals surface area contributed by atoms with Gasteiger partial charge < -0.3 is 14.4 Å². The molecule has 0 spiro atoms. The van der Waals surface area contributed by atoms with Crippen molar-refractivity contribution < 1.29 is 9.47 Å². The molecule has 0 aliphatic rings. The lowest BCUT2D eigenvalue weighted by molar-refractivity contribution is -0.0253. The summed E-state index contributed by atoms with van der Waals surface area (Å²) in [4.78, 5) is 2.37. The highest BCUT2D eigenvalue weighted by atomic mass is 16.5. The monoisotopic (exact) mass is 616 g/mol. The molecule has 3 nitrogen and oxygen atoms in total. The molecule has 0 aromatic rings. The number of unbranched alkanes of at least 4 members (excludes halogenated alkanes) is 16. The van der Waals surface area contributed by atoms with Crippen LogP contribution in [0.1, 0.15) is 168 Å². The van der Waals surface area contributed by atoms with E-state index in [9.17, 15) is 0 Å². The molecule has 258 valence electrons. The number of ether oxygens (including phenoxy) is 2. The van der Waals surface area contributed by atoms with Gasteiger partial charge in [-0.25, -0.2) is 0 Å². The molecule has 0 aliphatic heterocycles. The first-order valence-electron chi connectivity index (χ1n) is 19.2. The molecule has 1 atom stereocenters. The number of rotatable bonds is 35. The van der Waals surface area contributed by atoms with Crippen LogP contribution in [0.5, 0.6) is 0 Å². The van der Waals surface area contributed by atoms with Gasteiger partial charge in [0.05, 0.1) is 12.7 Å². The fourth-order valence-electron chi connectivity index (χ4n) is 5.14. The first-order chi connectivity index (χ1) is 21.7. The Bertz CT molecular complexity index is 653. The third kappa shape index (κ3) is 35.3. The molecule has 0 fully saturated rings. The molecular weight excluding hydrogens is 538 g/mol. The van der Waals surface area contributed by atoms with Gasteiger partial charge in [0, 0.05) is 19.8 Å². The minimum absolute atomic E-state index is 0.234. The third-order valence-electron chi connectivity index (χ3n) is 8.35. The quantitative estimate of drug-likeness (QED) is 0.0523. The van der Waals surface area contributed by atoms with E-state index in [0.29, 0.717) is 0 Å². The van der Waals surface area contributed by atoms with Crippen molar-refractivity contribution in [2.45, 2.75) is 175 Å². The highest BCUT2D eigenvalue weighted by Gasteiger charge is 2.11. The molecule has 1 unspecified atom stereocenters. The average Bonchev–Trinajstić information content (AvgIpc) is 3.04. The van der Waals surface area contributed by atoms with E-state index in [0.717, 1.165) is 52.2 Å². The summed E-state index contributed by atoms with van der Waals surface area (Å²) in [5, 5.41) is 0. The van der Waals surface area contributed by atoms with Crippen LogP contribution in [0.4, 0.5) is 0 Å². The molecule has 44 heavy (non-hydrogen) atoms. The predicted molar refractivity (Wildman–Crippen MR) is 198 cm³/mol. The van der Waals surface area contributed by atoms with Crippen LogP contribution < -0.4 is 0 Å². The molecule has 0 N–H and O–H groups in total. The average molecular weight is 616 g/mol. The van der Waals surface area contributed by atoms with E-state index < -0.39 is 0 Å². The second-order valence-corrected chi connectivity index (χ2v) is 12.7. The highest BCUT2D eigenvalue weighted by Crippen LogP contribution is 2.11. The third-order valence-corrected chi connectivity index (χ3v) is 8.35. The fourth-order valence-corrected chi connectivity index (χ4v) is 5.14. The Balaban J connectivity index is 3.74. The molecule has 0 bridgehead atoms. The Labute approximate surface area is 277 Å². The van der Waals surface area contributed by atoms with Gasteiger partial charge in [-0.05, 0) is 90.6 Å². The van der Waals surface area contributed by atoms with Crippen LogP contribution in [-0.4, -0.2) is 51.0 Å². The first-order valence-corrected chi connectivity index (χ1v) is 19.2. The van der Waals surface area contributed by atoms with Crippen LogP contribution in [0.3, 0.4) is 0 Å². The summed E-state index contributed by atoms with van der Waals surface area (Å²) in [6.45, 7) is 11.4. The zero-order valence-electron chi connectivity index (χ0n) is 30.3. The van der Waals surface area contributed by atoms with Crippen molar-refractivity contribution in [1.29, 1.82) is 0 Å². The van der Waals surface area contributed by atoms with E-state index in [4.69, 9.17) is 9.47 Å². The van der Waals surface area contributed by atoms with E-state index in [1.807, 2.05) is 0 Å².